The molecule has 6 nitrogen and oxygen atoms in total. The van der Waals surface area contributed by atoms with E-state index in [4.69, 9.17) is 4.74 Å². The van der Waals surface area contributed by atoms with Crippen LogP contribution < -0.4 is 5.32 Å². The van der Waals surface area contributed by atoms with Gasteiger partial charge in [0.2, 0.25) is 5.91 Å². The van der Waals surface area contributed by atoms with Gasteiger partial charge in [-0.1, -0.05) is 30.3 Å². The monoisotopic (exact) mass is 279 g/mol. The molecule has 0 bridgehead atoms. The van der Waals surface area contributed by atoms with E-state index in [1.54, 1.807) is 30.3 Å². The lowest BCUT2D eigenvalue weighted by Gasteiger charge is -2.26. The number of amides is 1. The van der Waals surface area contributed by atoms with Crippen molar-refractivity contribution >= 4 is 11.9 Å². The first-order valence-electron chi connectivity index (χ1n) is 6.34. The van der Waals surface area contributed by atoms with Crippen molar-refractivity contribution in [2.75, 3.05) is 7.11 Å². The molecule has 0 saturated carbocycles. The second-order valence-electron chi connectivity index (χ2n) is 4.76. The number of rotatable bonds is 2. The van der Waals surface area contributed by atoms with Crippen LogP contribution >= 0.6 is 0 Å². The van der Waals surface area contributed by atoms with Crippen molar-refractivity contribution in [3.05, 3.63) is 35.9 Å². The normalized spacial score (nSPS) is 30.2. The summed E-state index contributed by atoms with van der Waals surface area (Å²) in [6.07, 6.45) is -2.71. The highest BCUT2D eigenvalue weighted by atomic mass is 16.5. The molecule has 20 heavy (non-hydrogen) atoms. The molecule has 0 unspecified atom stereocenters. The van der Waals surface area contributed by atoms with E-state index in [1.165, 1.54) is 7.11 Å². The zero-order valence-corrected chi connectivity index (χ0v) is 11.0. The van der Waals surface area contributed by atoms with Crippen molar-refractivity contribution < 1.29 is 24.5 Å². The Morgan fingerprint density at radius 1 is 1.30 bits per heavy atom. The largest absolute Gasteiger partial charge is 0.469 e. The molecule has 1 aromatic carbocycles. The first-order valence-corrected chi connectivity index (χ1v) is 6.34. The van der Waals surface area contributed by atoms with Crippen molar-refractivity contribution in [3.63, 3.8) is 0 Å². The van der Waals surface area contributed by atoms with E-state index in [-0.39, 0.29) is 6.42 Å². The number of hydrogen-bond acceptors (Lipinski definition) is 5. The molecule has 3 N–H and O–H groups in total. The summed E-state index contributed by atoms with van der Waals surface area (Å²) >= 11 is 0. The van der Waals surface area contributed by atoms with Gasteiger partial charge < -0.3 is 20.3 Å². The van der Waals surface area contributed by atoms with Crippen molar-refractivity contribution in [3.8, 4) is 0 Å². The summed E-state index contributed by atoms with van der Waals surface area (Å²) in [4.78, 5) is 23.7. The summed E-state index contributed by atoms with van der Waals surface area (Å²) in [5.74, 6) is -2.19. The van der Waals surface area contributed by atoms with E-state index in [0.29, 0.717) is 5.56 Å². The van der Waals surface area contributed by atoms with Gasteiger partial charge in [-0.3, -0.25) is 9.59 Å². The van der Waals surface area contributed by atoms with Crippen LogP contribution in [0.25, 0.3) is 0 Å². The van der Waals surface area contributed by atoms with Gasteiger partial charge >= 0.3 is 5.97 Å². The molecule has 2 rings (SSSR count). The zero-order chi connectivity index (χ0) is 14.7. The number of aliphatic hydroxyl groups is 2. The van der Waals surface area contributed by atoms with E-state index in [9.17, 15) is 19.8 Å². The van der Waals surface area contributed by atoms with Gasteiger partial charge in [-0.05, 0) is 5.56 Å². The molecule has 0 spiro atoms. The molecule has 108 valence electrons. The number of carbonyl (C=O) groups excluding carboxylic acids is 2. The van der Waals surface area contributed by atoms with Gasteiger partial charge in [-0.25, -0.2) is 0 Å². The van der Waals surface area contributed by atoms with Crippen LogP contribution in [0, 0.1) is 5.92 Å². The summed E-state index contributed by atoms with van der Waals surface area (Å²) in [5.41, 5.74) is 0.671. The molecule has 1 amide bonds. The molecule has 1 aliphatic rings. The number of aliphatic hydroxyl groups excluding tert-OH is 2. The predicted octanol–water partition coefficient (Wildman–Crippen LogP) is -0.241. The maximum atomic E-state index is 11.9. The zero-order valence-electron chi connectivity index (χ0n) is 11.0. The maximum absolute atomic E-state index is 11.9. The number of esters is 1. The van der Waals surface area contributed by atoms with Crippen molar-refractivity contribution in [2.24, 2.45) is 5.92 Å². The van der Waals surface area contributed by atoms with Crippen LogP contribution in [0.1, 0.15) is 18.0 Å². The van der Waals surface area contributed by atoms with Gasteiger partial charge in [0.15, 0.2) is 0 Å². The minimum Gasteiger partial charge on any atom is -0.469 e. The summed E-state index contributed by atoms with van der Waals surface area (Å²) in [5, 5.41) is 22.3. The quantitative estimate of drug-likeness (QED) is 0.649. The van der Waals surface area contributed by atoms with Crippen molar-refractivity contribution in [1.82, 2.24) is 5.32 Å². The molecular formula is C14H17NO5. The Labute approximate surface area is 116 Å². The number of nitrogens with one attached hydrogen (secondary N) is 1. The molecule has 0 aromatic heterocycles. The van der Waals surface area contributed by atoms with Gasteiger partial charge in [0.1, 0.15) is 12.0 Å². The van der Waals surface area contributed by atoms with Crippen LogP contribution in [-0.2, 0) is 14.3 Å². The number of hydrogen-bond donors (Lipinski definition) is 3. The van der Waals surface area contributed by atoms with Gasteiger partial charge in [0.25, 0.3) is 0 Å². The van der Waals surface area contributed by atoms with E-state index >= 15 is 0 Å². The van der Waals surface area contributed by atoms with Crippen molar-refractivity contribution in [1.29, 1.82) is 0 Å². The van der Waals surface area contributed by atoms with Gasteiger partial charge in [0.05, 0.1) is 19.3 Å². The fraction of sp³-hybridized carbons (Fsp3) is 0.429. The highest BCUT2D eigenvalue weighted by Gasteiger charge is 2.42. The average molecular weight is 279 g/mol. The minimum atomic E-state index is -1.34. The standard InChI is InChI=1S/C14H17NO5/c1-20-14(19)11-9(16)7-10(17)13(18)15-12(11)8-5-3-2-4-6-8/h2-6,9-12,16-17H,7H2,1H3,(H,15,18)/t9-,10+,11+,12+/m1/s1. The summed E-state index contributed by atoms with van der Waals surface area (Å²) < 4.78 is 4.71. The Kier molecular flexibility index (Phi) is 4.36. The molecule has 1 aliphatic heterocycles. The molecular weight excluding hydrogens is 262 g/mol. The minimum absolute atomic E-state index is 0.199. The molecule has 0 aliphatic carbocycles. The molecule has 1 fully saturated rings. The van der Waals surface area contributed by atoms with Crippen LogP contribution in [0.3, 0.4) is 0 Å². The van der Waals surface area contributed by atoms with Crippen LogP contribution in [0.2, 0.25) is 0 Å². The average Bonchev–Trinajstić information content (AvgIpc) is 2.56. The second kappa shape index (κ2) is 6.02. The first kappa shape index (κ1) is 14.5. The number of ether oxygens (including phenoxy) is 1. The smallest absolute Gasteiger partial charge is 0.313 e. The fourth-order valence-corrected chi connectivity index (χ4v) is 2.42. The molecule has 4 atom stereocenters. The highest BCUT2D eigenvalue weighted by molar-refractivity contribution is 5.83. The molecule has 1 aromatic rings. The van der Waals surface area contributed by atoms with Crippen LogP contribution in [-0.4, -0.2) is 41.4 Å². The lowest BCUT2D eigenvalue weighted by Crippen LogP contribution is -2.40. The molecule has 1 saturated heterocycles. The van der Waals surface area contributed by atoms with Crippen molar-refractivity contribution in [2.45, 2.75) is 24.7 Å². The number of carbonyl (C=O) groups is 2. The van der Waals surface area contributed by atoms with Crippen LogP contribution in [0.4, 0.5) is 0 Å². The lowest BCUT2D eigenvalue weighted by molar-refractivity contribution is -0.151. The topological polar surface area (TPSA) is 95.9 Å². The molecule has 6 heteroatoms. The van der Waals surface area contributed by atoms with Gasteiger partial charge in [0, 0.05) is 6.42 Å². The third-order valence-corrected chi connectivity index (χ3v) is 3.47. The Morgan fingerprint density at radius 3 is 2.55 bits per heavy atom. The fourth-order valence-electron chi connectivity index (χ4n) is 2.42. The maximum Gasteiger partial charge on any atom is 0.313 e. The highest BCUT2D eigenvalue weighted by Crippen LogP contribution is 2.30. The van der Waals surface area contributed by atoms with Gasteiger partial charge in [-0.2, -0.15) is 0 Å². The Balaban J connectivity index is 2.41. The Morgan fingerprint density at radius 2 is 1.95 bits per heavy atom. The number of benzene rings is 1. The summed E-state index contributed by atoms with van der Waals surface area (Å²) in [6, 6.07) is 8.09. The van der Waals surface area contributed by atoms with Crippen LogP contribution in [0.15, 0.2) is 30.3 Å². The van der Waals surface area contributed by atoms with Gasteiger partial charge in [-0.15, -0.1) is 0 Å². The van der Waals surface area contributed by atoms with E-state index in [1.807, 2.05) is 0 Å². The summed E-state index contributed by atoms with van der Waals surface area (Å²) in [6.45, 7) is 0. The Hall–Kier alpha value is -1.92. The lowest BCUT2D eigenvalue weighted by atomic mass is 9.88. The van der Waals surface area contributed by atoms with Crippen LogP contribution in [0.5, 0.6) is 0 Å². The molecule has 1 heterocycles. The summed E-state index contributed by atoms with van der Waals surface area (Å²) in [7, 11) is 1.22. The predicted molar refractivity (Wildman–Crippen MR) is 69.5 cm³/mol. The Bertz CT molecular complexity index is 490. The van der Waals surface area contributed by atoms with E-state index < -0.39 is 36.0 Å². The molecule has 0 radical (unpaired) electrons. The second-order valence-corrected chi connectivity index (χ2v) is 4.76. The first-order chi connectivity index (χ1) is 9.54. The van der Waals surface area contributed by atoms with E-state index in [0.717, 1.165) is 0 Å². The SMILES string of the molecule is COC(=O)[C@H]1[C@H](O)C[C@H](O)C(=O)N[C@H]1c1ccccc1. The van der Waals surface area contributed by atoms with E-state index in [2.05, 4.69) is 5.32 Å². The third kappa shape index (κ3) is 2.81. The number of methoxy groups -OCH3 is 1. The third-order valence-electron chi connectivity index (χ3n) is 3.47.